The molecule has 1 amide bonds. The molecule has 112 valence electrons. The molecule has 3 heteroatoms. The number of hydrogen-bond acceptors (Lipinski definition) is 2. The van der Waals surface area contributed by atoms with E-state index in [4.69, 9.17) is 0 Å². The van der Waals surface area contributed by atoms with Gasteiger partial charge in [0.2, 0.25) is 5.91 Å². The average molecular weight is 292 g/mol. The van der Waals surface area contributed by atoms with Crippen LogP contribution in [-0.2, 0) is 4.79 Å². The van der Waals surface area contributed by atoms with Gasteiger partial charge < -0.3 is 0 Å². The first kappa shape index (κ1) is 14.5. The lowest BCUT2D eigenvalue weighted by Gasteiger charge is -2.05. The lowest BCUT2D eigenvalue weighted by atomic mass is 10.1. The van der Waals surface area contributed by atoms with Crippen LogP contribution in [0.1, 0.15) is 36.8 Å². The van der Waals surface area contributed by atoms with E-state index in [9.17, 15) is 4.79 Å². The molecule has 0 heterocycles. The van der Waals surface area contributed by atoms with E-state index in [0.29, 0.717) is 5.92 Å². The molecule has 0 aromatic heterocycles. The summed E-state index contributed by atoms with van der Waals surface area (Å²) in [6.07, 6.45) is 1.70. The van der Waals surface area contributed by atoms with E-state index in [0.717, 1.165) is 24.1 Å². The Kier molecular flexibility index (Phi) is 4.33. The summed E-state index contributed by atoms with van der Waals surface area (Å²) in [5.41, 5.74) is 5.95. The molecule has 1 saturated carbocycles. The van der Waals surface area contributed by atoms with Crippen LogP contribution in [0.2, 0.25) is 0 Å². The average Bonchev–Trinajstić information content (AvgIpc) is 3.38. The molecule has 0 aliphatic heterocycles. The third-order valence-corrected chi connectivity index (χ3v) is 4.10. The van der Waals surface area contributed by atoms with Crippen molar-refractivity contribution >= 4 is 11.6 Å². The number of rotatable bonds is 5. The van der Waals surface area contributed by atoms with Crippen molar-refractivity contribution in [2.75, 3.05) is 0 Å². The topological polar surface area (TPSA) is 41.5 Å². The lowest BCUT2D eigenvalue weighted by Crippen LogP contribution is -2.22. The number of nitrogens with one attached hydrogen (secondary N) is 1. The number of benzene rings is 2. The van der Waals surface area contributed by atoms with Crippen molar-refractivity contribution in [3.8, 4) is 0 Å². The molecule has 1 aliphatic carbocycles. The van der Waals surface area contributed by atoms with Crippen molar-refractivity contribution in [2.24, 2.45) is 11.0 Å². The van der Waals surface area contributed by atoms with E-state index in [1.807, 2.05) is 55.5 Å². The van der Waals surface area contributed by atoms with Crippen LogP contribution in [0.15, 0.2) is 65.8 Å². The van der Waals surface area contributed by atoms with Crippen LogP contribution in [0.3, 0.4) is 0 Å². The van der Waals surface area contributed by atoms with Gasteiger partial charge in [0.05, 0.1) is 5.71 Å². The largest absolute Gasteiger partial charge is 0.273 e. The fourth-order valence-corrected chi connectivity index (χ4v) is 2.74. The van der Waals surface area contributed by atoms with E-state index in [1.165, 1.54) is 5.56 Å². The number of carbonyl (C=O) groups is 1. The normalized spacial score (nSPS) is 20.5. The van der Waals surface area contributed by atoms with E-state index in [-0.39, 0.29) is 11.8 Å². The van der Waals surface area contributed by atoms with Crippen LogP contribution < -0.4 is 5.43 Å². The van der Waals surface area contributed by atoms with Gasteiger partial charge in [0.25, 0.3) is 0 Å². The Morgan fingerprint density at radius 2 is 1.73 bits per heavy atom. The summed E-state index contributed by atoms with van der Waals surface area (Å²) >= 11 is 0. The highest BCUT2D eigenvalue weighted by molar-refractivity contribution is 6.01. The highest BCUT2D eigenvalue weighted by Crippen LogP contribution is 2.47. The fourth-order valence-electron chi connectivity index (χ4n) is 2.74. The van der Waals surface area contributed by atoms with Crippen molar-refractivity contribution in [1.29, 1.82) is 0 Å². The highest BCUT2D eigenvalue weighted by Gasteiger charge is 2.43. The van der Waals surface area contributed by atoms with Gasteiger partial charge in [-0.2, -0.15) is 5.10 Å². The van der Waals surface area contributed by atoms with Gasteiger partial charge in [-0.05, 0) is 29.9 Å². The molecule has 2 aromatic carbocycles. The molecule has 3 nitrogen and oxygen atoms in total. The zero-order valence-electron chi connectivity index (χ0n) is 12.7. The molecular formula is C19H20N2O. The smallest absolute Gasteiger partial charge is 0.243 e. The molecule has 0 saturated heterocycles. The monoisotopic (exact) mass is 292 g/mol. The van der Waals surface area contributed by atoms with E-state index < -0.39 is 0 Å². The van der Waals surface area contributed by atoms with Crippen molar-refractivity contribution in [3.63, 3.8) is 0 Å². The molecule has 2 atom stereocenters. The first-order chi connectivity index (χ1) is 10.8. The van der Waals surface area contributed by atoms with Gasteiger partial charge in [0, 0.05) is 5.92 Å². The van der Waals surface area contributed by atoms with E-state index >= 15 is 0 Å². The number of amides is 1. The van der Waals surface area contributed by atoms with Crippen LogP contribution in [0.4, 0.5) is 0 Å². The summed E-state index contributed by atoms with van der Waals surface area (Å²) in [5.74, 6) is 0.425. The van der Waals surface area contributed by atoms with Crippen LogP contribution >= 0.6 is 0 Å². The highest BCUT2D eigenvalue weighted by atomic mass is 16.2. The predicted molar refractivity (Wildman–Crippen MR) is 88.7 cm³/mol. The summed E-state index contributed by atoms with van der Waals surface area (Å²) in [7, 11) is 0. The number of hydrogen-bond donors (Lipinski definition) is 1. The van der Waals surface area contributed by atoms with Crippen LogP contribution in [0.25, 0.3) is 0 Å². The standard InChI is InChI=1S/C19H20N2O/c1-2-18(15-11-7-4-8-12-15)20-21-19(22)17-13-16(17)14-9-5-3-6-10-14/h3-12,16-17H,2,13H2,1H3,(H,21,22)/b20-18-/t16-,17+/m0/s1. The minimum Gasteiger partial charge on any atom is -0.273 e. The molecule has 1 aliphatic rings. The third-order valence-electron chi connectivity index (χ3n) is 4.10. The Hall–Kier alpha value is -2.42. The SMILES string of the molecule is CC/C(=N/NC(=O)[C@@H]1C[C@H]1c1ccccc1)c1ccccc1. The summed E-state index contributed by atoms with van der Waals surface area (Å²) < 4.78 is 0. The quantitative estimate of drug-likeness (QED) is 0.662. The number of hydrazone groups is 1. The molecule has 0 spiro atoms. The van der Waals surface area contributed by atoms with Crippen LogP contribution in [0, 0.1) is 5.92 Å². The molecular weight excluding hydrogens is 272 g/mol. The summed E-state index contributed by atoms with van der Waals surface area (Å²) in [6, 6.07) is 20.2. The zero-order chi connectivity index (χ0) is 15.4. The van der Waals surface area contributed by atoms with Gasteiger partial charge in [-0.25, -0.2) is 5.43 Å². The minimum absolute atomic E-state index is 0.0238. The second kappa shape index (κ2) is 6.56. The second-order valence-corrected chi connectivity index (χ2v) is 5.61. The second-order valence-electron chi connectivity index (χ2n) is 5.61. The maximum Gasteiger partial charge on any atom is 0.243 e. The van der Waals surface area contributed by atoms with Gasteiger partial charge in [-0.15, -0.1) is 0 Å². The Balaban J connectivity index is 1.62. The van der Waals surface area contributed by atoms with Gasteiger partial charge in [0.1, 0.15) is 0 Å². The number of carbonyl (C=O) groups excluding carboxylic acids is 1. The fraction of sp³-hybridized carbons (Fsp3) is 0.263. The van der Waals surface area contributed by atoms with Crippen molar-refractivity contribution in [1.82, 2.24) is 5.43 Å². The van der Waals surface area contributed by atoms with Crippen molar-refractivity contribution in [3.05, 3.63) is 71.8 Å². The first-order valence-electron chi connectivity index (χ1n) is 7.76. The van der Waals surface area contributed by atoms with Crippen LogP contribution in [0.5, 0.6) is 0 Å². The maximum absolute atomic E-state index is 12.2. The molecule has 0 bridgehead atoms. The van der Waals surface area contributed by atoms with E-state index in [2.05, 4.69) is 22.7 Å². The van der Waals surface area contributed by atoms with Crippen LogP contribution in [-0.4, -0.2) is 11.6 Å². The van der Waals surface area contributed by atoms with Crippen molar-refractivity contribution < 1.29 is 4.79 Å². The Bertz CT molecular complexity index is 664. The van der Waals surface area contributed by atoms with Gasteiger partial charge in [-0.1, -0.05) is 67.6 Å². The van der Waals surface area contributed by atoms with Crippen molar-refractivity contribution in [2.45, 2.75) is 25.7 Å². The molecule has 22 heavy (non-hydrogen) atoms. The van der Waals surface area contributed by atoms with Gasteiger partial charge >= 0.3 is 0 Å². The van der Waals surface area contributed by atoms with Gasteiger partial charge in [-0.3, -0.25) is 4.79 Å². The molecule has 0 radical (unpaired) electrons. The maximum atomic E-state index is 12.2. The zero-order valence-corrected chi connectivity index (χ0v) is 12.7. The lowest BCUT2D eigenvalue weighted by molar-refractivity contribution is -0.122. The first-order valence-corrected chi connectivity index (χ1v) is 7.76. The third kappa shape index (κ3) is 3.25. The van der Waals surface area contributed by atoms with Gasteiger partial charge in [0.15, 0.2) is 0 Å². The molecule has 3 rings (SSSR count). The Morgan fingerprint density at radius 1 is 1.09 bits per heavy atom. The molecule has 2 aromatic rings. The Morgan fingerprint density at radius 3 is 2.36 bits per heavy atom. The molecule has 1 fully saturated rings. The predicted octanol–water partition coefficient (Wildman–Crippen LogP) is 3.72. The summed E-state index contributed by atoms with van der Waals surface area (Å²) in [4.78, 5) is 12.2. The minimum atomic E-state index is 0.0238. The molecule has 1 N–H and O–H groups in total. The van der Waals surface area contributed by atoms with E-state index in [1.54, 1.807) is 0 Å². The summed E-state index contributed by atoms with van der Waals surface area (Å²) in [6.45, 7) is 2.04. The number of nitrogens with zero attached hydrogens (tertiary/aromatic N) is 1. The Labute approximate surface area is 131 Å². The molecule has 0 unspecified atom stereocenters. The summed E-state index contributed by atoms with van der Waals surface area (Å²) in [5, 5.41) is 4.32.